The third-order valence-corrected chi connectivity index (χ3v) is 3.56. The molecule has 8 nitrogen and oxygen atoms in total. The van der Waals surface area contributed by atoms with Gasteiger partial charge in [0.05, 0.1) is 26.9 Å². The summed E-state index contributed by atoms with van der Waals surface area (Å²) in [6.45, 7) is 1.71. The molecule has 0 saturated carbocycles. The number of carbonyl (C=O) groups is 1. The molecule has 0 aromatic heterocycles. The van der Waals surface area contributed by atoms with Crippen LogP contribution in [0.15, 0.2) is 34.5 Å². The Kier molecular flexibility index (Phi) is 5.27. The summed E-state index contributed by atoms with van der Waals surface area (Å²) in [4.78, 5) is 16.6. The summed E-state index contributed by atoms with van der Waals surface area (Å²) < 4.78 is 15.5. The van der Waals surface area contributed by atoms with E-state index in [9.17, 15) is 4.79 Å². The van der Waals surface area contributed by atoms with Crippen molar-refractivity contribution in [2.45, 2.75) is 13.0 Å². The first-order valence-corrected chi connectivity index (χ1v) is 7.06. The van der Waals surface area contributed by atoms with Gasteiger partial charge in [0.25, 0.3) is 0 Å². The lowest BCUT2D eigenvalue weighted by Crippen LogP contribution is -2.39. The number of allylic oxidation sites excluding steroid dienone is 1. The maximum Gasteiger partial charge on any atom is 0.338 e. The molecule has 2 rings (SSSR count). The summed E-state index contributed by atoms with van der Waals surface area (Å²) in [7, 11) is 4.37. The third-order valence-electron chi connectivity index (χ3n) is 3.56. The number of nitrogens with zero attached hydrogens (tertiary/aromatic N) is 2. The largest absolute Gasteiger partial charge is 0.497 e. The van der Waals surface area contributed by atoms with Crippen molar-refractivity contribution in [3.63, 3.8) is 0 Å². The number of methoxy groups -OCH3 is 3. The lowest BCUT2D eigenvalue weighted by Gasteiger charge is -2.26. The van der Waals surface area contributed by atoms with E-state index in [1.807, 2.05) is 0 Å². The van der Waals surface area contributed by atoms with Gasteiger partial charge in [-0.15, -0.1) is 0 Å². The smallest absolute Gasteiger partial charge is 0.338 e. The second-order valence-corrected chi connectivity index (χ2v) is 4.88. The second kappa shape index (κ2) is 7.37. The number of carbonyl (C=O) groups excluding carboxylic acids is 1. The van der Waals surface area contributed by atoms with Crippen LogP contribution in [-0.2, 0) is 9.53 Å². The van der Waals surface area contributed by atoms with E-state index in [0.29, 0.717) is 28.3 Å². The van der Waals surface area contributed by atoms with Gasteiger partial charge in [0.2, 0.25) is 5.96 Å². The van der Waals surface area contributed by atoms with Crippen LogP contribution >= 0.6 is 0 Å². The first kappa shape index (κ1) is 17.1. The van der Waals surface area contributed by atoms with Gasteiger partial charge in [0.1, 0.15) is 17.5 Å². The van der Waals surface area contributed by atoms with Crippen molar-refractivity contribution in [2.75, 3.05) is 21.3 Å². The molecular weight excluding hydrogens is 312 g/mol. The number of nitrogens with one attached hydrogen (secondary N) is 2. The quantitative estimate of drug-likeness (QED) is 0.486. The molecule has 1 aliphatic rings. The van der Waals surface area contributed by atoms with E-state index in [-0.39, 0.29) is 5.96 Å². The predicted octanol–water partition coefficient (Wildman–Crippen LogP) is 1.22. The van der Waals surface area contributed by atoms with Crippen LogP contribution in [0.5, 0.6) is 11.5 Å². The van der Waals surface area contributed by atoms with Gasteiger partial charge in [-0.25, -0.2) is 9.79 Å². The van der Waals surface area contributed by atoms with E-state index in [2.05, 4.69) is 15.6 Å². The zero-order valence-electron chi connectivity index (χ0n) is 13.8. The van der Waals surface area contributed by atoms with Crippen molar-refractivity contribution in [3.05, 3.63) is 35.0 Å². The molecule has 24 heavy (non-hydrogen) atoms. The Labute approximate surface area is 139 Å². The van der Waals surface area contributed by atoms with Gasteiger partial charge in [0.15, 0.2) is 6.19 Å². The summed E-state index contributed by atoms with van der Waals surface area (Å²) >= 11 is 0. The number of aliphatic imine (C=N–C) groups is 1. The molecule has 0 fully saturated rings. The van der Waals surface area contributed by atoms with Gasteiger partial charge >= 0.3 is 5.97 Å². The molecule has 1 heterocycles. The topological polar surface area (TPSA) is 105 Å². The summed E-state index contributed by atoms with van der Waals surface area (Å²) in [5.74, 6) is 0.855. The zero-order valence-corrected chi connectivity index (χ0v) is 13.8. The van der Waals surface area contributed by atoms with Gasteiger partial charge in [-0.2, -0.15) is 5.26 Å². The fraction of sp³-hybridized carbons (Fsp3) is 0.312. The highest BCUT2D eigenvalue weighted by atomic mass is 16.5. The summed E-state index contributed by atoms with van der Waals surface area (Å²) in [6, 6.07) is 4.53. The minimum Gasteiger partial charge on any atom is -0.497 e. The van der Waals surface area contributed by atoms with Gasteiger partial charge in [-0.3, -0.25) is 5.32 Å². The molecular formula is C16H18N4O4. The molecule has 1 aromatic rings. The SMILES string of the molecule is COC(=O)C1=C(C)NC(NC#N)=N[C@H]1c1ccc(OC)cc1OC. The summed E-state index contributed by atoms with van der Waals surface area (Å²) in [6.07, 6.45) is 1.80. The molecule has 0 bridgehead atoms. The lowest BCUT2D eigenvalue weighted by molar-refractivity contribution is -0.136. The van der Waals surface area contributed by atoms with Crippen molar-refractivity contribution in [2.24, 2.45) is 4.99 Å². The Bertz CT molecular complexity index is 749. The van der Waals surface area contributed by atoms with Gasteiger partial charge in [0, 0.05) is 17.3 Å². The molecule has 2 N–H and O–H groups in total. The Hall–Kier alpha value is -3.21. The normalized spacial score (nSPS) is 16.5. The molecule has 8 heteroatoms. The van der Waals surface area contributed by atoms with E-state index >= 15 is 0 Å². The number of hydrogen-bond donors (Lipinski definition) is 2. The van der Waals surface area contributed by atoms with Crippen molar-refractivity contribution in [1.29, 1.82) is 5.26 Å². The standard InChI is InChI=1S/C16H18N4O4/c1-9-13(15(21)24-4)14(20-16(19-9)18-8-17)11-6-5-10(22-2)7-12(11)23-3/h5-7,14H,1-4H3,(H2,18,19,20)/t14-/m0/s1. The first-order chi connectivity index (χ1) is 11.5. The Morgan fingerprint density at radius 3 is 2.67 bits per heavy atom. The monoisotopic (exact) mass is 330 g/mol. The molecule has 0 spiro atoms. The van der Waals surface area contributed by atoms with E-state index in [4.69, 9.17) is 19.5 Å². The highest BCUT2D eigenvalue weighted by Gasteiger charge is 2.32. The molecule has 0 unspecified atom stereocenters. The lowest BCUT2D eigenvalue weighted by atomic mass is 9.95. The second-order valence-electron chi connectivity index (χ2n) is 4.88. The first-order valence-electron chi connectivity index (χ1n) is 7.06. The number of nitriles is 1. The number of benzene rings is 1. The predicted molar refractivity (Wildman–Crippen MR) is 86.3 cm³/mol. The van der Waals surface area contributed by atoms with E-state index in [1.165, 1.54) is 14.2 Å². The van der Waals surface area contributed by atoms with Crippen molar-refractivity contribution < 1.29 is 19.0 Å². The minimum absolute atomic E-state index is 0.241. The summed E-state index contributed by atoms with van der Waals surface area (Å²) in [5, 5.41) is 14.1. The van der Waals surface area contributed by atoms with Crippen LogP contribution in [0, 0.1) is 11.5 Å². The van der Waals surface area contributed by atoms with Crippen molar-refractivity contribution in [1.82, 2.24) is 10.6 Å². The van der Waals surface area contributed by atoms with E-state index < -0.39 is 12.0 Å². The van der Waals surface area contributed by atoms with Crippen LogP contribution in [0.25, 0.3) is 0 Å². The maximum absolute atomic E-state index is 12.2. The maximum atomic E-state index is 12.2. The number of guanidine groups is 1. The van der Waals surface area contributed by atoms with Crippen LogP contribution in [0.2, 0.25) is 0 Å². The number of esters is 1. The molecule has 1 atom stereocenters. The average molecular weight is 330 g/mol. The van der Waals surface area contributed by atoms with Crippen LogP contribution in [0.1, 0.15) is 18.5 Å². The number of rotatable bonds is 4. The molecule has 1 aromatic carbocycles. The van der Waals surface area contributed by atoms with Crippen LogP contribution in [-0.4, -0.2) is 33.3 Å². The minimum atomic E-state index is -0.685. The third kappa shape index (κ3) is 3.25. The van der Waals surface area contributed by atoms with Crippen LogP contribution in [0.3, 0.4) is 0 Å². The fourth-order valence-electron chi connectivity index (χ4n) is 2.44. The molecule has 0 aliphatic carbocycles. The number of hydrogen-bond acceptors (Lipinski definition) is 8. The zero-order chi connectivity index (χ0) is 17.7. The molecule has 0 saturated heterocycles. The van der Waals surface area contributed by atoms with Gasteiger partial charge in [-0.05, 0) is 19.1 Å². The highest BCUT2D eigenvalue weighted by Crippen LogP contribution is 2.38. The molecule has 0 amide bonds. The number of ether oxygens (including phenoxy) is 3. The average Bonchev–Trinajstić information content (AvgIpc) is 2.60. The van der Waals surface area contributed by atoms with E-state index in [0.717, 1.165) is 0 Å². The van der Waals surface area contributed by atoms with Gasteiger partial charge < -0.3 is 19.5 Å². The van der Waals surface area contributed by atoms with Gasteiger partial charge in [-0.1, -0.05) is 0 Å². The fourth-order valence-corrected chi connectivity index (χ4v) is 2.44. The molecule has 1 aliphatic heterocycles. The van der Waals surface area contributed by atoms with Crippen LogP contribution in [0.4, 0.5) is 0 Å². The summed E-state index contributed by atoms with van der Waals surface area (Å²) in [5.41, 5.74) is 1.53. The van der Waals surface area contributed by atoms with Crippen molar-refractivity contribution >= 4 is 11.9 Å². The van der Waals surface area contributed by atoms with Crippen LogP contribution < -0.4 is 20.1 Å². The Morgan fingerprint density at radius 2 is 2.08 bits per heavy atom. The Morgan fingerprint density at radius 1 is 1.33 bits per heavy atom. The van der Waals surface area contributed by atoms with E-state index in [1.54, 1.807) is 38.4 Å². The highest BCUT2D eigenvalue weighted by molar-refractivity contribution is 5.95. The molecule has 126 valence electrons. The van der Waals surface area contributed by atoms with Crippen molar-refractivity contribution in [3.8, 4) is 17.7 Å². The molecule has 0 radical (unpaired) electrons. The Balaban J connectivity index is 2.59.